The zero-order valence-electron chi connectivity index (χ0n) is 19.0. The van der Waals surface area contributed by atoms with Gasteiger partial charge in [0.15, 0.2) is 5.65 Å². The van der Waals surface area contributed by atoms with Crippen molar-refractivity contribution in [3.05, 3.63) is 57.9 Å². The van der Waals surface area contributed by atoms with E-state index in [9.17, 15) is 13.2 Å². The number of aryl methyl sites for hydroxylation is 2. The summed E-state index contributed by atoms with van der Waals surface area (Å²) in [6.45, 7) is 8.53. The molecule has 0 aliphatic carbocycles. The van der Waals surface area contributed by atoms with Crippen LogP contribution in [-0.2, 0) is 14.6 Å². The minimum absolute atomic E-state index is 0.0444. The molecule has 0 bridgehead atoms. The van der Waals surface area contributed by atoms with Gasteiger partial charge in [0, 0.05) is 31.9 Å². The third-order valence-corrected chi connectivity index (χ3v) is 7.90. The van der Waals surface area contributed by atoms with Gasteiger partial charge in [0.2, 0.25) is 14.9 Å². The average Bonchev–Trinajstić information content (AvgIpc) is 3.24. The summed E-state index contributed by atoms with van der Waals surface area (Å²) in [4.78, 5) is 17.9. The Morgan fingerprint density at radius 3 is 2.68 bits per heavy atom. The van der Waals surface area contributed by atoms with Gasteiger partial charge in [-0.1, -0.05) is 22.9 Å². The molecule has 1 fully saturated rings. The monoisotopic (exact) mass is 482 g/mol. The Hall–Kier alpha value is -3.28. The molecule has 2 N–H and O–H groups in total. The molecule has 5 rings (SSSR count). The van der Waals surface area contributed by atoms with E-state index in [2.05, 4.69) is 25.5 Å². The molecule has 34 heavy (non-hydrogen) atoms. The molecule has 0 unspecified atom stereocenters. The predicted octanol–water partition coefficient (Wildman–Crippen LogP) is 1.76. The Bertz CT molecular complexity index is 1540. The number of fused-ring (bicyclic) bond motifs is 3. The van der Waals surface area contributed by atoms with Crippen molar-refractivity contribution >= 4 is 32.1 Å². The van der Waals surface area contributed by atoms with Crippen molar-refractivity contribution in [2.45, 2.75) is 23.8 Å². The van der Waals surface area contributed by atoms with Crippen molar-refractivity contribution in [2.24, 2.45) is 0 Å². The van der Waals surface area contributed by atoms with Gasteiger partial charge in [-0.05, 0) is 43.7 Å². The van der Waals surface area contributed by atoms with Gasteiger partial charge < -0.3 is 15.0 Å². The summed E-state index contributed by atoms with van der Waals surface area (Å²) in [5.74, 6) is 0. The fraction of sp³-hybridized carbons (Fsp3) is 0.348. The molecule has 3 heterocycles. The molecule has 2 aromatic heterocycles. The van der Waals surface area contributed by atoms with Crippen LogP contribution in [0.15, 0.2) is 51.1 Å². The van der Waals surface area contributed by atoms with E-state index < -0.39 is 15.4 Å². The minimum Gasteiger partial charge on any atom is -0.384 e. The van der Waals surface area contributed by atoms with Gasteiger partial charge in [-0.25, -0.2) is 8.42 Å². The zero-order chi connectivity index (χ0) is 23.9. The normalized spacial score (nSPS) is 15.2. The highest BCUT2D eigenvalue weighted by molar-refractivity contribution is 7.91. The van der Waals surface area contributed by atoms with Crippen LogP contribution in [-0.4, -0.2) is 72.5 Å². The summed E-state index contributed by atoms with van der Waals surface area (Å²) in [6, 6.07) is 10.4. The number of aromatic nitrogens is 4. The van der Waals surface area contributed by atoms with Crippen molar-refractivity contribution in [3.63, 3.8) is 0 Å². The molecular weight excluding hydrogens is 456 g/mol. The summed E-state index contributed by atoms with van der Waals surface area (Å²) < 4.78 is 33.5. The van der Waals surface area contributed by atoms with Crippen LogP contribution in [0.3, 0.4) is 0 Å². The van der Waals surface area contributed by atoms with E-state index in [4.69, 9.17) is 4.74 Å². The first-order valence-corrected chi connectivity index (χ1v) is 12.6. The van der Waals surface area contributed by atoms with E-state index >= 15 is 0 Å². The molecule has 0 amide bonds. The van der Waals surface area contributed by atoms with Crippen molar-refractivity contribution in [2.75, 3.05) is 44.7 Å². The van der Waals surface area contributed by atoms with Crippen LogP contribution in [0, 0.1) is 13.8 Å². The molecule has 0 saturated carbocycles. The lowest BCUT2D eigenvalue weighted by atomic mass is 10.2. The van der Waals surface area contributed by atoms with Crippen LogP contribution in [0.1, 0.15) is 11.1 Å². The van der Waals surface area contributed by atoms with Crippen LogP contribution in [0.25, 0.3) is 16.6 Å². The van der Waals surface area contributed by atoms with E-state index in [-0.39, 0.29) is 15.6 Å². The molecule has 1 aliphatic heterocycles. The van der Waals surface area contributed by atoms with Gasteiger partial charge in [-0.3, -0.25) is 9.69 Å². The van der Waals surface area contributed by atoms with Crippen LogP contribution in [0.4, 0.5) is 5.69 Å². The zero-order valence-corrected chi connectivity index (χ0v) is 19.9. The van der Waals surface area contributed by atoms with Crippen LogP contribution in [0.5, 0.6) is 0 Å². The summed E-state index contributed by atoms with van der Waals surface area (Å²) in [5.41, 5.74) is 2.49. The van der Waals surface area contributed by atoms with Crippen molar-refractivity contribution < 1.29 is 13.2 Å². The van der Waals surface area contributed by atoms with E-state index in [1.807, 2.05) is 13.0 Å². The third kappa shape index (κ3) is 4.06. The molecule has 0 spiro atoms. The lowest BCUT2D eigenvalue weighted by Crippen LogP contribution is -2.39. The van der Waals surface area contributed by atoms with Crippen LogP contribution in [0.2, 0.25) is 0 Å². The molecule has 11 heteroatoms. The lowest BCUT2D eigenvalue weighted by molar-refractivity contribution is 0.0398. The van der Waals surface area contributed by atoms with Gasteiger partial charge >= 0.3 is 0 Å². The summed E-state index contributed by atoms with van der Waals surface area (Å²) in [7, 11) is -3.99. The molecule has 0 atom stereocenters. The molecule has 4 aromatic rings. The first-order valence-electron chi connectivity index (χ1n) is 11.1. The van der Waals surface area contributed by atoms with Gasteiger partial charge in [-0.2, -0.15) is 4.52 Å². The average molecular weight is 483 g/mol. The highest BCUT2D eigenvalue weighted by Crippen LogP contribution is 2.26. The van der Waals surface area contributed by atoms with Crippen molar-refractivity contribution in [1.29, 1.82) is 0 Å². The largest absolute Gasteiger partial charge is 0.384 e. The van der Waals surface area contributed by atoms with E-state index in [1.165, 1.54) is 4.52 Å². The number of aromatic amines is 1. The highest BCUT2D eigenvalue weighted by Gasteiger charge is 2.27. The SMILES string of the molecule is Cc1ccc(S(=O)(=O)c2nnn3c2[nH]c(=O)c2ccc(NCCN4CCOCC4)cc23)c(C)c1. The van der Waals surface area contributed by atoms with E-state index in [1.54, 1.807) is 37.3 Å². The molecule has 0 radical (unpaired) electrons. The smallest absolute Gasteiger partial charge is 0.259 e. The number of benzene rings is 2. The maximum absolute atomic E-state index is 13.4. The molecule has 2 aromatic carbocycles. The van der Waals surface area contributed by atoms with Gasteiger partial charge in [0.25, 0.3) is 5.56 Å². The van der Waals surface area contributed by atoms with Crippen molar-refractivity contribution in [3.8, 4) is 0 Å². The Labute approximate surface area is 196 Å². The fourth-order valence-corrected chi connectivity index (χ4v) is 5.77. The number of ether oxygens (including phenoxy) is 1. The fourth-order valence-electron chi connectivity index (χ4n) is 4.30. The van der Waals surface area contributed by atoms with Crippen LogP contribution < -0.4 is 10.9 Å². The molecule has 178 valence electrons. The van der Waals surface area contributed by atoms with Crippen molar-refractivity contribution in [1.82, 2.24) is 24.7 Å². The summed E-state index contributed by atoms with van der Waals surface area (Å²) in [5, 5.41) is 11.5. The maximum Gasteiger partial charge on any atom is 0.259 e. The topological polar surface area (TPSA) is 122 Å². The predicted molar refractivity (Wildman–Crippen MR) is 128 cm³/mol. The molecule has 1 saturated heterocycles. The van der Waals surface area contributed by atoms with E-state index in [0.717, 1.165) is 50.6 Å². The van der Waals surface area contributed by atoms with Gasteiger partial charge in [0.1, 0.15) is 0 Å². The van der Waals surface area contributed by atoms with E-state index in [0.29, 0.717) is 16.5 Å². The Morgan fingerprint density at radius 1 is 1.12 bits per heavy atom. The van der Waals surface area contributed by atoms with Gasteiger partial charge in [0.05, 0.1) is 29.0 Å². The third-order valence-electron chi connectivity index (χ3n) is 6.08. The minimum atomic E-state index is -3.99. The number of nitrogens with one attached hydrogen (secondary N) is 2. The number of hydrogen-bond donors (Lipinski definition) is 2. The first-order chi connectivity index (χ1) is 16.3. The second-order valence-electron chi connectivity index (χ2n) is 8.49. The second kappa shape index (κ2) is 8.82. The quantitative estimate of drug-likeness (QED) is 0.426. The Balaban J connectivity index is 1.51. The number of sulfone groups is 1. The Kier molecular flexibility index (Phi) is 5.84. The van der Waals surface area contributed by atoms with Gasteiger partial charge in [-0.15, -0.1) is 5.10 Å². The summed E-state index contributed by atoms with van der Waals surface area (Å²) in [6.07, 6.45) is 0. The number of morpholine rings is 1. The Morgan fingerprint density at radius 2 is 1.91 bits per heavy atom. The number of hydrogen-bond acceptors (Lipinski definition) is 8. The number of H-pyrrole nitrogens is 1. The molecular formula is C23H26N6O4S. The molecule has 1 aliphatic rings. The number of nitrogens with zero attached hydrogens (tertiary/aromatic N) is 4. The highest BCUT2D eigenvalue weighted by atomic mass is 32.2. The summed E-state index contributed by atoms with van der Waals surface area (Å²) >= 11 is 0. The first kappa shape index (κ1) is 22.5. The molecule has 10 nitrogen and oxygen atoms in total. The number of anilines is 1. The number of rotatable bonds is 6. The second-order valence-corrected chi connectivity index (χ2v) is 10.3. The lowest BCUT2D eigenvalue weighted by Gasteiger charge is -2.26. The standard InChI is InChI=1S/C23H26N6O4S/c1-15-3-6-20(16(2)13-15)34(31,32)23-21-25-22(30)18-5-4-17(14-19(18)29(21)27-26-23)24-7-8-28-9-11-33-12-10-28/h3-6,13-14,24H,7-12H2,1-2H3,(H,25,30). The van der Waals surface area contributed by atoms with Crippen LogP contribution >= 0.6 is 0 Å². The maximum atomic E-state index is 13.4.